The van der Waals surface area contributed by atoms with Gasteiger partial charge in [0.1, 0.15) is 0 Å². The van der Waals surface area contributed by atoms with Gasteiger partial charge in [0.25, 0.3) is 0 Å². The van der Waals surface area contributed by atoms with E-state index in [1.807, 2.05) is 4.90 Å². The summed E-state index contributed by atoms with van der Waals surface area (Å²) in [6.45, 7) is 13.7. The molecule has 0 aromatic rings. The van der Waals surface area contributed by atoms with Crippen molar-refractivity contribution in [2.45, 2.75) is 52.5 Å². The summed E-state index contributed by atoms with van der Waals surface area (Å²) in [6, 6.07) is 0.471. The van der Waals surface area contributed by atoms with Crippen LogP contribution in [0.25, 0.3) is 0 Å². The van der Waals surface area contributed by atoms with Gasteiger partial charge in [-0.15, -0.1) is 0 Å². The number of piperidine rings is 1. The molecule has 162 valence electrons. The number of carbonyl (C=O) groups is 1. The lowest BCUT2D eigenvalue weighted by molar-refractivity contribution is -0.132. The van der Waals surface area contributed by atoms with Crippen LogP contribution >= 0.6 is 0 Å². The van der Waals surface area contributed by atoms with E-state index in [4.69, 9.17) is 4.74 Å². The third-order valence-corrected chi connectivity index (χ3v) is 5.68. The smallest absolute Gasteiger partial charge is 0.224 e. The van der Waals surface area contributed by atoms with Gasteiger partial charge in [0, 0.05) is 58.8 Å². The first-order valence-electron chi connectivity index (χ1n) is 11.0. The standard InChI is InChI=1S/C21H41N5O2/c1-17(2)14-19(25-10-12-28-13-11-25)15-24-21(22-4)23-8-7-20(27)26-9-5-6-18(3)16-26/h17-19H,5-16H2,1-4H3,(H2,22,23,24). The van der Waals surface area contributed by atoms with E-state index in [2.05, 4.69) is 41.3 Å². The van der Waals surface area contributed by atoms with Gasteiger partial charge < -0.3 is 20.3 Å². The zero-order valence-electron chi connectivity index (χ0n) is 18.4. The van der Waals surface area contributed by atoms with Gasteiger partial charge in [-0.3, -0.25) is 14.7 Å². The molecule has 0 aliphatic carbocycles. The minimum Gasteiger partial charge on any atom is -0.379 e. The van der Waals surface area contributed by atoms with Crippen molar-refractivity contribution < 1.29 is 9.53 Å². The number of nitrogens with zero attached hydrogens (tertiary/aromatic N) is 3. The van der Waals surface area contributed by atoms with E-state index in [1.165, 1.54) is 6.42 Å². The molecule has 28 heavy (non-hydrogen) atoms. The number of aliphatic imine (C=N–C) groups is 1. The molecule has 7 heteroatoms. The maximum atomic E-state index is 12.4. The van der Waals surface area contributed by atoms with Crippen molar-refractivity contribution in [1.29, 1.82) is 0 Å². The number of rotatable bonds is 8. The van der Waals surface area contributed by atoms with Crippen LogP contribution in [0.15, 0.2) is 4.99 Å². The number of hydrogen-bond acceptors (Lipinski definition) is 4. The first-order chi connectivity index (χ1) is 13.5. The van der Waals surface area contributed by atoms with Gasteiger partial charge in [-0.2, -0.15) is 0 Å². The Morgan fingerprint density at radius 3 is 2.61 bits per heavy atom. The van der Waals surface area contributed by atoms with E-state index in [-0.39, 0.29) is 5.91 Å². The minimum absolute atomic E-state index is 0.250. The van der Waals surface area contributed by atoms with Gasteiger partial charge >= 0.3 is 0 Å². The Morgan fingerprint density at radius 2 is 1.96 bits per heavy atom. The fourth-order valence-electron chi connectivity index (χ4n) is 4.15. The summed E-state index contributed by atoms with van der Waals surface area (Å²) < 4.78 is 5.50. The molecule has 0 aromatic heterocycles. The van der Waals surface area contributed by atoms with Gasteiger partial charge in [0.05, 0.1) is 13.2 Å². The van der Waals surface area contributed by atoms with E-state index < -0.39 is 0 Å². The van der Waals surface area contributed by atoms with Gasteiger partial charge in [-0.25, -0.2) is 0 Å². The van der Waals surface area contributed by atoms with Gasteiger partial charge in [-0.1, -0.05) is 20.8 Å². The van der Waals surface area contributed by atoms with Crippen LogP contribution in [-0.4, -0.2) is 87.2 Å². The van der Waals surface area contributed by atoms with Crippen LogP contribution in [0, 0.1) is 11.8 Å². The molecule has 7 nitrogen and oxygen atoms in total. The maximum Gasteiger partial charge on any atom is 0.224 e. The summed E-state index contributed by atoms with van der Waals surface area (Å²) >= 11 is 0. The Hall–Kier alpha value is -1.34. The first-order valence-corrected chi connectivity index (χ1v) is 11.0. The topological polar surface area (TPSA) is 69.2 Å². The Kier molecular flexibility index (Phi) is 10.1. The molecule has 2 aliphatic rings. The predicted octanol–water partition coefficient (Wildman–Crippen LogP) is 1.55. The van der Waals surface area contributed by atoms with Crippen molar-refractivity contribution in [2.75, 3.05) is 59.5 Å². The normalized spacial score (nSPS) is 23.0. The number of hydrogen-bond donors (Lipinski definition) is 2. The lowest BCUT2D eigenvalue weighted by Gasteiger charge is -2.35. The van der Waals surface area contributed by atoms with Crippen LogP contribution in [0.2, 0.25) is 0 Å². The third kappa shape index (κ3) is 7.95. The Bertz CT molecular complexity index is 491. The number of likely N-dealkylation sites (tertiary alicyclic amines) is 1. The molecular weight excluding hydrogens is 354 g/mol. The quantitative estimate of drug-likeness (QED) is 0.482. The lowest BCUT2D eigenvalue weighted by atomic mass is 10.00. The van der Waals surface area contributed by atoms with Crippen molar-refractivity contribution in [2.24, 2.45) is 16.8 Å². The van der Waals surface area contributed by atoms with Gasteiger partial charge in [0.2, 0.25) is 5.91 Å². The molecule has 2 fully saturated rings. The highest BCUT2D eigenvalue weighted by molar-refractivity contribution is 5.81. The Morgan fingerprint density at radius 1 is 1.21 bits per heavy atom. The third-order valence-electron chi connectivity index (χ3n) is 5.68. The van der Waals surface area contributed by atoms with Crippen molar-refractivity contribution in [3.63, 3.8) is 0 Å². The van der Waals surface area contributed by atoms with E-state index in [1.54, 1.807) is 7.05 Å². The number of nitrogens with one attached hydrogen (secondary N) is 2. The van der Waals surface area contributed by atoms with Gasteiger partial charge in [-0.05, 0) is 31.1 Å². The minimum atomic E-state index is 0.250. The average molecular weight is 396 g/mol. The summed E-state index contributed by atoms with van der Waals surface area (Å²) in [5.41, 5.74) is 0. The molecule has 2 heterocycles. The lowest BCUT2D eigenvalue weighted by Crippen LogP contribution is -2.51. The molecule has 0 radical (unpaired) electrons. The molecule has 2 atom stereocenters. The SMILES string of the molecule is CN=C(NCCC(=O)N1CCCC(C)C1)NCC(CC(C)C)N1CCOCC1. The number of carbonyl (C=O) groups excluding carboxylic acids is 1. The molecule has 1 amide bonds. The van der Waals surface area contributed by atoms with E-state index in [0.717, 1.165) is 64.7 Å². The number of morpholine rings is 1. The highest BCUT2D eigenvalue weighted by Gasteiger charge is 2.23. The zero-order chi connectivity index (χ0) is 20.4. The van der Waals surface area contributed by atoms with Crippen LogP contribution < -0.4 is 10.6 Å². The zero-order valence-corrected chi connectivity index (χ0v) is 18.4. The van der Waals surface area contributed by atoms with Crippen molar-refractivity contribution in [3.05, 3.63) is 0 Å². The summed E-state index contributed by atoms with van der Waals surface area (Å²) in [4.78, 5) is 21.3. The first kappa shape index (κ1) is 22.9. The van der Waals surface area contributed by atoms with Crippen LogP contribution in [0.5, 0.6) is 0 Å². The monoisotopic (exact) mass is 395 g/mol. The van der Waals surface area contributed by atoms with Crippen molar-refractivity contribution in [1.82, 2.24) is 20.4 Å². The summed E-state index contributed by atoms with van der Waals surface area (Å²) in [5.74, 6) is 2.30. The number of amides is 1. The van der Waals surface area contributed by atoms with E-state index >= 15 is 0 Å². The summed E-state index contributed by atoms with van der Waals surface area (Å²) in [5, 5.41) is 6.77. The molecule has 2 rings (SSSR count). The van der Waals surface area contributed by atoms with Crippen LogP contribution in [-0.2, 0) is 9.53 Å². The highest BCUT2D eigenvalue weighted by Crippen LogP contribution is 2.16. The largest absolute Gasteiger partial charge is 0.379 e. The Balaban J connectivity index is 1.73. The molecule has 2 unspecified atom stereocenters. The maximum absolute atomic E-state index is 12.4. The highest BCUT2D eigenvalue weighted by atomic mass is 16.5. The van der Waals surface area contributed by atoms with Crippen LogP contribution in [0.3, 0.4) is 0 Å². The summed E-state index contributed by atoms with van der Waals surface area (Å²) in [7, 11) is 1.79. The Labute approximate surface area is 171 Å². The summed E-state index contributed by atoms with van der Waals surface area (Å²) in [6.07, 6.45) is 4.03. The second-order valence-corrected chi connectivity index (χ2v) is 8.65. The molecule has 2 aliphatic heterocycles. The second kappa shape index (κ2) is 12.3. The molecule has 2 saturated heterocycles. The average Bonchev–Trinajstić information content (AvgIpc) is 2.69. The number of guanidine groups is 1. The van der Waals surface area contributed by atoms with Gasteiger partial charge in [0.15, 0.2) is 5.96 Å². The molecule has 0 spiro atoms. The van der Waals surface area contributed by atoms with Crippen LogP contribution in [0.1, 0.15) is 46.5 Å². The fourth-order valence-corrected chi connectivity index (χ4v) is 4.15. The molecule has 0 saturated carbocycles. The predicted molar refractivity (Wildman–Crippen MR) is 115 cm³/mol. The molecule has 0 bridgehead atoms. The number of ether oxygens (including phenoxy) is 1. The van der Waals surface area contributed by atoms with Crippen molar-refractivity contribution in [3.8, 4) is 0 Å². The molecular formula is C21H41N5O2. The van der Waals surface area contributed by atoms with E-state index in [0.29, 0.717) is 30.8 Å². The van der Waals surface area contributed by atoms with Crippen molar-refractivity contribution >= 4 is 11.9 Å². The fraction of sp³-hybridized carbons (Fsp3) is 0.905. The molecule has 2 N–H and O–H groups in total. The van der Waals surface area contributed by atoms with E-state index in [9.17, 15) is 4.79 Å². The van der Waals surface area contributed by atoms with Crippen LogP contribution in [0.4, 0.5) is 0 Å². The molecule has 0 aromatic carbocycles. The second-order valence-electron chi connectivity index (χ2n) is 8.65.